The fourth-order valence-electron chi connectivity index (χ4n) is 1.51. The highest BCUT2D eigenvalue weighted by atomic mass is 32.2. The molecular formula is C11H12N2O2S. The molecule has 84 valence electrons. The quantitative estimate of drug-likeness (QED) is 0.752. The summed E-state index contributed by atoms with van der Waals surface area (Å²) in [6.07, 6.45) is 1.51. The van der Waals surface area contributed by atoms with Gasteiger partial charge in [0, 0.05) is 0 Å². The van der Waals surface area contributed by atoms with E-state index in [1.807, 2.05) is 30.5 Å². The van der Waals surface area contributed by atoms with Crippen LogP contribution in [0.3, 0.4) is 0 Å². The maximum atomic E-state index is 11.8. The van der Waals surface area contributed by atoms with Crippen molar-refractivity contribution >= 4 is 28.9 Å². The van der Waals surface area contributed by atoms with Gasteiger partial charge in [-0.15, -0.1) is 0 Å². The van der Waals surface area contributed by atoms with Crippen LogP contribution in [0.2, 0.25) is 0 Å². The maximum Gasteiger partial charge on any atom is 0.420 e. The Balaban J connectivity index is 2.60. The largest absolute Gasteiger partial charge is 0.449 e. The molecule has 1 aromatic carbocycles. The first-order chi connectivity index (χ1) is 7.77. The van der Waals surface area contributed by atoms with E-state index in [2.05, 4.69) is 4.98 Å². The Morgan fingerprint density at radius 1 is 1.50 bits per heavy atom. The second-order valence-corrected chi connectivity index (χ2v) is 3.89. The molecule has 1 aromatic heterocycles. The Kier molecular flexibility index (Phi) is 3.14. The predicted molar refractivity (Wildman–Crippen MR) is 63.9 cm³/mol. The van der Waals surface area contributed by atoms with Crippen molar-refractivity contribution in [2.75, 3.05) is 12.9 Å². The third-order valence-electron chi connectivity index (χ3n) is 2.16. The van der Waals surface area contributed by atoms with E-state index in [0.29, 0.717) is 11.8 Å². The van der Waals surface area contributed by atoms with Crippen LogP contribution in [-0.2, 0) is 4.74 Å². The highest BCUT2D eigenvalue weighted by molar-refractivity contribution is 7.98. The summed E-state index contributed by atoms with van der Waals surface area (Å²) >= 11 is 1.43. The minimum Gasteiger partial charge on any atom is -0.449 e. The lowest BCUT2D eigenvalue weighted by Crippen LogP contribution is -2.14. The maximum absolute atomic E-state index is 11.8. The van der Waals surface area contributed by atoms with Crippen LogP contribution in [-0.4, -0.2) is 28.5 Å². The number of nitrogens with zero attached hydrogens (tertiary/aromatic N) is 2. The number of ether oxygens (including phenoxy) is 1. The fraction of sp³-hybridized carbons (Fsp3) is 0.273. The van der Waals surface area contributed by atoms with Gasteiger partial charge in [0.05, 0.1) is 17.6 Å². The molecule has 0 atom stereocenters. The van der Waals surface area contributed by atoms with E-state index in [-0.39, 0.29) is 6.09 Å². The van der Waals surface area contributed by atoms with Crippen LogP contribution in [0, 0.1) is 0 Å². The highest BCUT2D eigenvalue weighted by Crippen LogP contribution is 2.22. The number of fused-ring (bicyclic) bond motifs is 1. The standard InChI is InChI=1S/C11H12N2O2S/c1-3-15-11(14)13-9-7-5-4-6-8(9)12-10(13)16-2/h4-7H,3H2,1-2H3. The second-order valence-electron chi connectivity index (χ2n) is 3.12. The smallest absolute Gasteiger partial charge is 0.420 e. The molecule has 0 amide bonds. The second kappa shape index (κ2) is 4.57. The summed E-state index contributed by atoms with van der Waals surface area (Å²) in [5.74, 6) is 0. The van der Waals surface area contributed by atoms with Gasteiger partial charge in [0.25, 0.3) is 0 Å². The first-order valence-corrected chi connectivity index (χ1v) is 6.19. The van der Waals surface area contributed by atoms with E-state index in [4.69, 9.17) is 4.74 Å². The number of rotatable bonds is 2. The molecule has 0 radical (unpaired) electrons. The molecule has 4 nitrogen and oxygen atoms in total. The molecule has 0 fully saturated rings. The van der Waals surface area contributed by atoms with Crippen molar-refractivity contribution in [1.82, 2.24) is 9.55 Å². The van der Waals surface area contributed by atoms with E-state index in [9.17, 15) is 4.79 Å². The molecule has 0 saturated heterocycles. The SMILES string of the molecule is CCOC(=O)n1c(SC)nc2ccccc21. The van der Waals surface area contributed by atoms with Crippen LogP contribution in [0.1, 0.15) is 6.92 Å². The van der Waals surface area contributed by atoms with Gasteiger partial charge in [0.2, 0.25) is 0 Å². The molecule has 0 spiro atoms. The highest BCUT2D eigenvalue weighted by Gasteiger charge is 2.16. The Morgan fingerprint density at radius 3 is 2.94 bits per heavy atom. The van der Waals surface area contributed by atoms with E-state index < -0.39 is 0 Å². The summed E-state index contributed by atoms with van der Waals surface area (Å²) in [6.45, 7) is 2.15. The van der Waals surface area contributed by atoms with Crippen molar-refractivity contribution in [3.8, 4) is 0 Å². The van der Waals surface area contributed by atoms with Crippen LogP contribution in [0.5, 0.6) is 0 Å². The van der Waals surface area contributed by atoms with Gasteiger partial charge in [-0.25, -0.2) is 14.3 Å². The number of carbonyl (C=O) groups is 1. The molecule has 0 saturated carbocycles. The molecule has 1 heterocycles. The Bertz CT molecular complexity index is 522. The van der Waals surface area contributed by atoms with Crippen LogP contribution in [0.15, 0.2) is 29.4 Å². The Labute approximate surface area is 97.6 Å². The summed E-state index contributed by atoms with van der Waals surface area (Å²) in [7, 11) is 0. The summed E-state index contributed by atoms with van der Waals surface area (Å²) in [5, 5.41) is 0.652. The van der Waals surface area contributed by atoms with Crippen LogP contribution >= 0.6 is 11.8 Å². The molecular weight excluding hydrogens is 224 g/mol. The summed E-state index contributed by atoms with van der Waals surface area (Å²) in [4.78, 5) is 16.1. The van der Waals surface area contributed by atoms with Gasteiger partial charge < -0.3 is 4.74 Å². The average Bonchev–Trinajstić information content (AvgIpc) is 2.67. The minimum atomic E-state index is -0.374. The summed E-state index contributed by atoms with van der Waals surface area (Å²) < 4.78 is 6.51. The Morgan fingerprint density at radius 2 is 2.25 bits per heavy atom. The van der Waals surface area contributed by atoms with Gasteiger partial charge in [0.15, 0.2) is 5.16 Å². The molecule has 0 aliphatic heterocycles. The lowest BCUT2D eigenvalue weighted by molar-refractivity contribution is 0.152. The van der Waals surface area contributed by atoms with Gasteiger partial charge in [-0.05, 0) is 25.3 Å². The number of aromatic nitrogens is 2. The zero-order valence-corrected chi connectivity index (χ0v) is 9.95. The molecule has 16 heavy (non-hydrogen) atoms. The first kappa shape index (κ1) is 11.0. The fourth-order valence-corrected chi connectivity index (χ4v) is 2.05. The number of thioether (sulfide) groups is 1. The van der Waals surface area contributed by atoms with Crippen molar-refractivity contribution in [3.63, 3.8) is 0 Å². The lowest BCUT2D eigenvalue weighted by atomic mass is 10.3. The molecule has 2 aromatic rings. The zero-order chi connectivity index (χ0) is 11.5. The van der Waals surface area contributed by atoms with Gasteiger partial charge in [0.1, 0.15) is 0 Å². The monoisotopic (exact) mass is 236 g/mol. The molecule has 0 aliphatic rings. The van der Waals surface area contributed by atoms with Crippen molar-refractivity contribution < 1.29 is 9.53 Å². The molecule has 5 heteroatoms. The van der Waals surface area contributed by atoms with Gasteiger partial charge >= 0.3 is 6.09 Å². The molecule has 0 unspecified atom stereocenters. The normalized spacial score (nSPS) is 10.6. The first-order valence-electron chi connectivity index (χ1n) is 4.96. The number of carbonyl (C=O) groups excluding carboxylic acids is 1. The molecule has 0 N–H and O–H groups in total. The van der Waals surface area contributed by atoms with E-state index >= 15 is 0 Å². The third-order valence-corrected chi connectivity index (χ3v) is 2.80. The van der Waals surface area contributed by atoms with E-state index in [0.717, 1.165) is 11.0 Å². The minimum absolute atomic E-state index is 0.360. The summed E-state index contributed by atoms with van der Waals surface area (Å²) in [6, 6.07) is 7.52. The number of imidazole rings is 1. The average molecular weight is 236 g/mol. The van der Waals surface area contributed by atoms with Crippen molar-refractivity contribution in [2.45, 2.75) is 12.1 Å². The topological polar surface area (TPSA) is 44.1 Å². The van der Waals surface area contributed by atoms with Crippen molar-refractivity contribution in [1.29, 1.82) is 0 Å². The molecule has 0 bridgehead atoms. The molecule has 2 rings (SSSR count). The summed E-state index contributed by atoms with van der Waals surface area (Å²) in [5.41, 5.74) is 1.59. The van der Waals surface area contributed by atoms with E-state index in [1.165, 1.54) is 16.3 Å². The number of para-hydroxylation sites is 2. The van der Waals surface area contributed by atoms with Crippen LogP contribution in [0.25, 0.3) is 11.0 Å². The van der Waals surface area contributed by atoms with Crippen LogP contribution < -0.4 is 0 Å². The van der Waals surface area contributed by atoms with E-state index in [1.54, 1.807) is 6.92 Å². The van der Waals surface area contributed by atoms with Gasteiger partial charge in [-0.3, -0.25) is 0 Å². The zero-order valence-electron chi connectivity index (χ0n) is 9.14. The number of benzene rings is 1. The number of hydrogen-bond acceptors (Lipinski definition) is 4. The Hall–Kier alpha value is -1.49. The van der Waals surface area contributed by atoms with Gasteiger partial charge in [-0.2, -0.15) is 0 Å². The van der Waals surface area contributed by atoms with Crippen molar-refractivity contribution in [2.24, 2.45) is 0 Å². The van der Waals surface area contributed by atoms with Crippen LogP contribution in [0.4, 0.5) is 4.79 Å². The lowest BCUT2D eigenvalue weighted by Gasteiger charge is -2.05. The van der Waals surface area contributed by atoms with Gasteiger partial charge in [-0.1, -0.05) is 23.9 Å². The molecule has 0 aliphatic carbocycles. The number of hydrogen-bond donors (Lipinski definition) is 0. The van der Waals surface area contributed by atoms with Crippen molar-refractivity contribution in [3.05, 3.63) is 24.3 Å². The predicted octanol–water partition coefficient (Wildman–Crippen LogP) is 2.76. The third kappa shape index (κ3) is 1.78.